The van der Waals surface area contributed by atoms with Crippen molar-refractivity contribution in [1.29, 1.82) is 0 Å². The van der Waals surface area contributed by atoms with Gasteiger partial charge in [0.05, 0.1) is 6.04 Å². The van der Waals surface area contributed by atoms with Crippen LogP contribution in [0.1, 0.15) is 34.4 Å². The van der Waals surface area contributed by atoms with Crippen LogP contribution in [0.2, 0.25) is 0 Å². The van der Waals surface area contributed by atoms with Crippen molar-refractivity contribution < 1.29 is 22.8 Å². The van der Waals surface area contributed by atoms with Crippen molar-refractivity contribution in [1.82, 2.24) is 25.2 Å². The number of aryl methyl sites for hydroxylation is 1. The topological polar surface area (TPSA) is 95.1 Å². The molecular formula is C16H13F2N5O3. The molecule has 0 aliphatic carbocycles. The van der Waals surface area contributed by atoms with E-state index >= 15 is 0 Å². The maximum absolute atomic E-state index is 12.6. The zero-order valence-electron chi connectivity index (χ0n) is 13.5. The van der Waals surface area contributed by atoms with E-state index < -0.39 is 12.3 Å². The van der Waals surface area contributed by atoms with Crippen LogP contribution in [0.5, 0.6) is 5.75 Å². The first-order chi connectivity index (χ1) is 12.5. The third-order valence-electron chi connectivity index (χ3n) is 4.04. The maximum atomic E-state index is 12.6. The fourth-order valence-electron chi connectivity index (χ4n) is 2.74. The Kier molecular flexibility index (Phi) is 3.86. The number of amides is 1. The Morgan fingerprint density at radius 2 is 2.23 bits per heavy atom. The first kappa shape index (κ1) is 16.2. The molecule has 1 aromatic carbocycles. The van der Waals surface area contributed by atoms with Crippen LogP contribution in [0.3, 0.4) is 0 Å². The Bertz CT molecular complexity index is 968. The Hall–Kier alpha value is -3.30. The number of rotatable bonds is 4. The molecule has 0 radical (unpaired) electrons. The molecule has 0 bridgehead atoms. The SMILES string of the molecule is Cn1nccc1C(=O)N[C@@H]1COc2cc(-c3noc(C(F)F)n3)ccc21. The number of carbonyl (C=O) groups is 1. The minimum atomic E-state index is -2.83. The van der Waals surface area contributed by atoms with Gasteiger partial charge in [0.15, 0.2) is 0 Å². The van der Waals surface area contributed by atoms with Crippen molar-refractivity contribution in [2.45, 2.75) is 12.5 Å². The van der Waals surface area contributed by atoms with E-state index in [2.05, 4.69) is 25.1 Å². The molecule has 1 amide bonds. The van der Waals surface area contributed by atoms with E-state index in [1.807, 2.05) is 0 Å². The number of carbonyl (C=O) groups excluding carboxylic acids is 1. The van der Waals surface area contributed by atoms with Gasteiger partial charge in [0.1, 0.15) is 18.1 Å². The van der Waals surface area contributed by atoms with Crippen molar-refractivity contribution in [2.75, 3.05) is 6.61 Å². The van der Waals surface area contributed by atoms with Crippen LogP contribution in [0, 0.1) is 0 Å². The molecule has 1 N–H and O–H groups in total. The van der Waals surface area contributed by atoms with Gasteiger partial charge in [-0.25, -0.2) is 0 Å². The van der Waals surface area contributed by atoms with Crippen LogP contribution in [-0.4, -0.2) is 32.4 Å². The minimum Gasteiger partial charge on any atom is -0.491 e. The summed E-state index contributed by atoms with van der Waals surface area (Å²) in [7, 11) is 1.68. The predicted octanol–water partition coefficient (Wildman–Crippen LogP) is 2.27. The highest BCUT2D eigenvalue weighted by atomic mass is 19.3. The predicted molar refractivity (Wildman–Crippen MR) is 83.6 cm³/mol. The average molecular weight is 361 g/mol. The van der Waals surface area contributed by atoms with E-state index in [4.69, 9.17) is 4.74 Å². The smallest absolute Gasteiger partial charge is 0.315 e. The van der Waals surface area contributed by atoms with E-state index in [0.717, 1.165) is 5.56 Å². The normalized spacial score (nSPS) is 15.8. The molecule has 0 unspecified atom stereocenters. The summed E-state index contributed by atoms with van der Waals surface area (Å²) < 4.78 is 36.7. The van der Waals surface area contributed by atoms with Gasteiger partial charge in [-0.1, -0.05) is 17.3 Å². The number of ether oxygens (including phenoxy) is 1. The van der Waals surface area contributed by atoms with Crippen LogP contribution in [0.4, 0.5) is 8.78 Å². The monoisotopic (exact) mass is 361 g/mol. The van der Waals surface area contributed by atoms with Gasteiger partial charge in [-0.05, 0) is 12.1 Å². The highest BCUT2D eigenvalue weighted by molar-refractivity contribution is 5.92. The second kappa shape index (κ2) is 6.21. The fraction of sp³-hybridized carbons (Fsp3) is 0.250. The Morgan fingerprint density at radius 3 is 2.92 bits per heavy atom. The zero-order chi connectivity index (χ0) is 18.3. The Morgan fingerprint density at radius 1 is 1.38 bits per heavy atom. The first-order valence-corrected chi connectivity index (χ1v) is 7.70. The molecule has 2 aromatic heterocycles. The van der Waals surface area contributed by atoms with Crippen LogP contribution >= 0.6 is 0 Å². The molecule has 10 heteroatoms. The summed E-state index contributed by atoms with van der Waals surface area (Å²) in [5, 5.41) is 10.4. The largest absolute Gasteiger partial charge is 0.491 e. The van der Waals surface area contributed by atoms with Crippen LogP contribution in [0.25, 0.3) is 11.4 Å². The molecule has 3 aromatic rings. The van der Waals surface area contributed by atoms with E-state index in [1.54, 1.807) is 37.5 Å². The van der Waals surface area contributed by atoms with Gasteiger partial charge < -0.3 is 14.6 Å². The molecule has 134 valence electrons. The molecule has 1 atom stereocenters. The van der Waals surface area contributed by atoms with Gasteiger partial charge in [0.2, 0.25) is 5.82 Å². The van der Waals surface area contributed by atoms with E-state index in [9.17, 15) is 13.6 Å². The van der Waals surface area contributed by atoms with Gasteiger partial charge in [0.25, 0.3) is 11.8 Å². The first-order valence-electron chi connectivity index (χ1n) is 7.70. The fourth-order valence-corrected chi connectivity index (χ4v) is 2.74. The highest BCUT2D eigenvalue weighted by Crippen LogP contribution is 2.35. The van der Waals surface area contributed by atoms with Crippen LogP contribution < -0.4 is 10.1 Å². The van der Waals surface area contributed by atoms with Gasteiger partial charge in [-0.3, -0.25) is 9.48 Å². The summed E-state index contributed by atoms with van der Waals surface area (Å²) in [6.07, 6.45) is -1.28. The second-order valence-corrected chi connectivity index (χ2v) is 5.69. The molecular weight excluding hydrogens is 348 g/mol. The lowest BCUT2D eigenvalue weighted by molar-refractivity contribution is 0.0920. The molecule has 0 saturated carbocycles. The van der Waals surface area contributed by atoms with Crippen LogP contribution in [-0.2, 0) is 7.05 Å². The number of aromatic nitrogens is 4. The third kappa shape index (κ3) is 2.79. The number of hydrogen-bond acceptors (Lipinski definition) is 6. The van der Waals surface area contributed by atoms with Crippen molar-refractivity contribution in [2.24, 2.45) is 7.05 Å². The third-order valence-corrected chi connectivity index (χ3v) is 4.04. The Balaban J connectivity index is 1.54. The maximum Gasteiger partial charge on any atom is 0.315 e. The second-order valence-electron chi connectivity index (χ2n) is 5.69. The summed E-state index contributed by atoms with van der Waals surface area (Å²) in [6.45, 7) is 0.261. The molecule has 26 heavy (non-hydrogen) atoms. The molecule has 0 saturated heterocycles. The quantitative estimate of drug-likeness (QED) is 0.766. The number of halogens is 2. The standard InChI is InChI=1S/C16H13F2N5O3/c1-23-11(4-5-19-23)15(24)20-10-7-25-12-6-8(2-3-9(10)12)14-21-16(13(17)18)26-22-14/h2-6,10,13H,7H2,1H3,(H,20,24)/t10-/m1/s1. The summed E-state index contributed by atoms with van der Waals surface area (Å²) in [5.74, 6) is -0.423. The molecule has 8 nitrogen and oxygen atoms in total. The molecule has 0 fully saturated rings. The lowest BCUT2D eigenvalue weighted by atomic mass is 10.1. The highest BCUT2D eigenvalue weighted by Gasteiger charge is 2.28. The lowest BCUT2D eigenvalue weighted by Crippen LogP contribution is -2.30. The summed E-state index contributed by atoms with van der Waals surface area (Å²) in [6, 6.07) is 6.32. The van der Waals surface area contributed by atoms with E-state index in [-0.39, 0.29) is 24.4 Å². The van der Waals surface area contributed by atoms with Crippen LogP contribution in [0.15, 0.2) is 35.0 Å². The lowest BCUT2D eigenvalue weighted by Gasteiger charge is -2.11. The van der Waals surface area contributed by atoms with Crippen molar-refractivity contribution >= 4 is 5.91 Å². The molecule has 0 spiro atoms. The van der Waals surface area contributed by atoms with Gasteiger partial charge in [-0.2, -0.15) is 18.9 Å². The zero-order valence-corrected chi connectivity index (χ0v) is 13.5. The number of benzene rings is 1. The Labute approximate surface area is 145 Å². The number of alkyl halides is 2. The van der Waals surface area contributed by atoms with Crippen molar-refractivity contribution in [3.8, 4) is 17.1 Å². The number of hydrogen-bond donors (Lipinski definition) is 1. The van der Waals surface area contributed by atoms with Gasteiger partial charge in [0, 0.05) is 24.4 Å². The van der Waals surface area contributed by atoms with Gasteiger partial charge in [-0.15, -0.1) is 0 Å². The summed E-state index contributed by atoms with van der Waals surface area (Å²) >= 11 is 0. The summed E-state index contributed by atoms with van der Waals surface area (Å²) in [4.78, 5) is 16.0. The van der Waals surface area contributed by atoms with Crippen molar-refractivity contribution in [3.63, 3.8) is 0 Å². The molecule has 3 heterocycles. The van der Waals surface area contributed by atoms with E-state index in [0.29, 0.717) is 17.0 Å². The molecule has 1 aliphatic heterocycles. The minimum absolute atomic E-state index is 0.0501. The van der Waals surface area contributed by atoms with Crippen molar-refractivity contribution in [3.05, 3.63) is 47.6 Å². The average Bonchev–Trinajstić information content (AvgIpc) is 3.34. The number of fused-ring (bicyclic) bond motifs is 1. The molecule has 1 aliphatic rings. The molecule has 4 rings (SSSR count). The number of nitrogens with one attached hydrogen (secondary N) is 1. The summed E-state index contributed by atoms with van der Waals surface area (Å²) in [5.41, 5.74) is 1.70. The van der Waals surface area contributed by atoms with Gasteiger partial charge >= 0.3 is 6.43 Å². The van der Waals surface area contributed by atoms with E-state index in [1.165, 1.54) is 4.68 Å². The number of nitrogens with zero attached hydrogens (tertiary/aromatic N) is 4.